The van der Waals surface area contributed by atoms with Crippen molar-refractivity contribution in [2.75, 3.05) is 0 Å². The van der Waals surface area contributed by atoms with E-state index in [9.17, 15) is 19.5 Å². The Bertz CT molecular complexity index is 702. The van der Waals surface area contributed by atoms with Crippen molar-refractivity contribution in [3.8, 4) is 0 Å². The fourth-order valence-electron chi connectivity index (χ4n) is 4.05. The van der Waals surface area contributed by atoms with Gasteiger partial charge >= 0.3 is 11.9 Å². The Hall–Kier alpha value is -1.95. The van der Waals surface area contributed by atoms with Crippen molar-refractivity contribution >= 4 is 17.7 Å². The van der Waals surface area contributed by atoms with E-state index >= 15 is 0 Å². The van der Waals surface area contributed by atoms with Crippen LogP contribution in [0.15, 0.2) is 23.0 Å². The normalized spacial score (nSPS) is 38.3. The summed E-state index contributed by atoms with van der Waals surface area (Å²) >= 11 is 0. The van der Waals surface area contributed by atoms with Gasteiger partial charge in [-0.1, -0.05) is 20.8 Å². The minimum Gasteiger partial charge on any atom is -0.457 e. The van der Waals surface area contributed by atoms with E-state index in [1.54, 1.807) is 20.8 Å². The second-order valence-electron chi connectivity index (χ2n) is 7.07. The van der Waals surface area contributed by atoms with Crippen molar-refractivity contribution in [3.63, 3.8) is 0 Å². The quantitative estimate of drug-likeness (QED) is 0.775. The smallest absolute Gasteiger partial charge is 0.339 e. The molecule has 2 aliphatic carbocycles. The molecule has 6 heteroatoms. The van der Waals surface area contributed by atoms with Gasteiger partial charge in [-0.3, -0.25) is 9.59 Å². The summed E-state index contributed by atoms with van der Waals surface area (Å²) in [6.07, 6.45) is 1.42. The van der Waals surface area contributed by atoms with Gasteiger partial charge in [-0.15, -0.1) is 0 Å². The monoisotopic (exact) mass is 334 g/mol. The first-order chi connectivity index (χ1) is 11.2. The van der Waals surface area contributed by atoms with Gasteiger partial charge < -0.3 is 14.6 Å². The van der Waals surface area contributed by atoms with Gasteiger partial charge in [0.25, 0.3) is 0 Å². The molecule has 0 amide bonds. The molecule has 4 atom stereocenters. The van der Waals surface area contributed by atoms with Crippen LogP contribution in [0.4, 0.5) is 0 Å². The van der Waals surface area contributed by atoms with Crippen molar-refractivity contribution in [3.05, 3.63) is 23.0 Å². The third kappa shape index (κ3) is 1.95. The van der Waals surface area contributed by atoms with Crippen LogP contribution in [-0.2, 0) is 23.9 Å². The second kappa shape index (κ2) is 5.28. The Balaban J connectivity index is 2.25. The summed E-state index contributed by atoms with van der Waals surface area (Å²) < 4.78 is 10.9. The number of esters is 2. The molecule has 0 spiro atoms. The van der Waals surface area contributed by atoms with Crippen LogP contribution in [0.2, 0.25) is 0 Å². The predicted molar refractivity (Wildman–Crippen MR) is 83.5 cm³/mol. The molecule has 1 heterocycles. The number of rotatable bonds is 2. The van der Waals surface area contributed by atoms with Gasteiger partial charge in [-0.2, -0.15) is 0 Å². The molecule has 0 aromatic carbocycles. The number of ketones is 1. The third-order valence-electron chi connectivity index (χ3n) is 5.94. The maximum atomic E-state index is 12.6. The van der Waals surface area contributed by atoms with E-state index < -0.39 is 29.1 Å². The molecule has 24 heavy (non-hydrogen) atoms. The molecular formula is C18H22O6. The Morgan fingerprint density at radius 3 is 2.75 bits per heavy atom. The zero-order valence-electron chi connectivity index (χ0n) is 14.3. The van der Waals surface area contributed by atoms with Gasteiger partial charge in [0.05, 0.1) is 5.41 Å². The largest absolute Gasteiger partial charge is 0.457 e. The predicted octanol–water partition coefficient (Wildman–Crippen LogP) is 1.82. The average molecular weight is 334 g/mol. The summed E-state index contributed by atoms with van der Waals surface area (Å²) in [5, 5.41) is 11.2. The number of carbonyl (C=O) groups excluding carboxylic acids is 3. The van der Waals surface area contributed by atoms with Gasteiger partial charge in [-0.05, 0) is 25.3 Å². The van der Waals surface area contributed by atoms with Crippen LogP contribution in [0, 0.1) is 11.3 Å². The average Bonchev–Trinajstić information content (AvgIpc) is 2.81. The first-order valence-corrected chi connectivity index (χ1v) is 8.28. The molecule has 0 aromatic heterocycles. The minimum absolute atomic E-state index is 0.0938. The number of fused-ring (bicyclic) bond motifs is 2. The standard InChI is InChI=1S/C18H22O6/c1-5-13(20)24-15-14-10(3)16(21)23-11(14)8-18(22)12(19)7-6-9(2)17(15,18)4/h8-9,15,22H,5-7H2,1-4H3/t9-,15+,17-,18-/m0/s1. The lowest BCUT2D eigenvalue weighted by Gasteiger charge is -2.55. The van der Waals surface area contributed by atoms with Gasteiger partial charge in [0, 0.05) is 24.0 Å². The molecular weight excluding hydrogens is 312 g/mol. The van der Waals surface area contributed by atoms with Gasteiger partial charge in [-0.25, -0.2) is 4.79 Å². The Kier molecular flexibility index (Phi) is 3.71. The van der Waals surface area contributed by atoms with Crippen molar-refractivity contribution in [1.82, 2.24) is 0 Å². The second-order valence-corrected chi connectivity index (χ2v) is 7.07. The van der Waals surface area contributed by atoms with Gasteiger partial charge in [0.2, 0.25) is 0 Å². The van der Waals surface area contributed by atoms with Crippen molar-refractivity contribution in [2.45, 2.75) is 58.7 Å². The maximum absolute atomic E-state index is 12.6. The van der Waals surface area contributed by atoms with E-state index in [0.29, 0.717) is 17.6 Å². The highest BCUT2D eigenvalue weighted by atomic mass is 16.6. The summed E-state index contributed by atoms with van der Waals surface area (Å²) in [6.45, 7) is 6.95. The molecule has 1 N–H and O–H groups in total. The highest BCUT2D eigenvalue weighted by Gasteiger charge is 2.66. The zero-order chi connectivity index (χ0) is 17.9. The Labute approximate surface area is 140 Å². The fourth-order valence-corrected chi connectivity index (χ4v) is 4.05. The topological polar surface area (TPSA) is 89.9 Å². The van der Waals surface area contributed by atoms with Gasteiger partial charge in [0.15, 0.2) is 11.4 Å². The van der Waals surface area contributed by atoms with Crippen LogP contribution < -0.4 is 0 Å². The molecule has 1 aliphatic heterocycles. The van der Waals surface area contributed by atoms with E-state index in [4.69, 9.17) is 9.47 Å². The van der Waals surface area contributed by atoms with Crippen LogP contribution in [0.1, 0.15) is 47.0 Å². The number of hydrogen-bond donors (Lipinski definition) is 1. The van der Waals surface area contributed by atoms with Crippen molar-refractivity contribution in [1.29, 1.82) is 0 Å². The Morgan fingerprint density at radius 2 is 2.12 bits per heavy atom. The molecule has 1 fully saturated rings. The number of aliphatic hydroxyl groups is 1. The molecule has 0 bridgehead atoms. The number of hydrogen-bond acceptors (Lipinski definition) is 6. The molecule has 6 nitrogen and oxygen atoms in total. The minimum atomic E-state index is -1.83. The zero-order valence-corrected chi connectivity index (χ0v) is 14.3. The van der Waals surface area contributed by atoms with E-state index in [-0.39, 0.29) is 30.3 Å². The van der Waals surface area contributed by atoms with Crippen molar-refractivity contribution < 1.29 is 29.0 Å². The lowest BCUT2D eigenvalue weighted by molar-refractivity contribution is -0.188. The van der Waals surface area contributed by atoms with Crippen LogP contribution in [0.3, 0.4) is 0 Å². The molecule has 0 unspecified atom stereocenters. The molecule has 3 aliphatic rings. The molecule has 3 rings (SSSR count). The fraction of sp³-hybridized carbons (Fsp3) is 0.611. The molecule has 130 valence electrons. The summed E-state index contributed by atoms with van der Waals surface area (Å²) in [4.78, 5) is 36.6. The molecule has 0 radical (unpaired) electrons. The van der Waals surface area contributed by atoms with E-state index in [1.807, 2.05) is 6.92 Å². The summed E-state index contributed by atoms with van der Waals surface area (Å²) in [7, 11) is 0. The van der Waals surface area contributed by atoms with Crippen LogP contribution in [0.25, 0.3) is 0 Å². The van der Waals surface area contributed by atoms with Crippen molar-refractivity contribution in [2.24, 2.45) is 11.3 Å². The summed E-state index contributed by atoms with van der Waals surface area (Å²) in [5.41, 5.74) is -2.06. The van der Waals surface area contributed by atoms with Gasteiger partial charge in [0.1, 0.15) is 11.9 Å². The first kappa shape index (κ1) is 16.9. The van der Waals surface area contributed by atoms with Crippen LogP contribution >= 0.6 is 0 Å². The lowest BCUT2D eigenvalue weighted by Crippen LogP contribution is -2.65. The maximum Gasteiger partial charge on any atom is 0.339 e. The van der Waals surface area contributed by atoms with Crippen LogP contribution in [-0.4, -0.2) is 34.5 Å². The molecule has 0 aromatic rings. The summed E-state index contributed by atoms with van der Waals surface area (Å²) in [5.74, 6) is -1.29. The first-order valence-electron chi connectivity index (χ1n) is 8.28. The highest BCUT2D eigenvalue weighted by molar-refractivity contribution is 5.97. The lowest BCUT2D eigenvalue weighted by atomic mass is 9.52. The molecule has 1 saturated carbocycles. The van der Waals surface area contributed by atoms with E-state index in [2.05, 4.69) is 0 Å². The summed E-state index contributed by atoms with van der Waals surface area (Å²) in [6, 6.07) is 0. The Morgan fingerprint density at radius 1 is 1.46 bits per heavy atom. The SMILES string of the molecule is CCC(=O)O[C@@H]1C2=C(C)C(=O)OC2=C[C@]2(O)C(=O)CC[C@H](C)[C@@]12C. The number of ether oxygens (including phenoxy) is 2. The van der Waals surface area contributed by atoms with E-state index in [0.717, 1.165) is 0 Å². The van der Waals surface area contributed by atoms with Crippen LogP contribution in [0.5, 0.6) is 0 Å². The third-order valence-corrected chi connectivity index (χ3v) is 5.94. The number of carbonyl (C=O) groups is 3. The highest BCUT2D eigenvalue weighted by Crippen LogP contribution is 2.57. The van der Waals surface area contributed by atoms with E-state index in [1.165, 1.54) is 6.08 Å². The number of Topliss-reactive ketones (excluding diaryl/α,β-unsaturated/α-hetero) is 1. The molecule has 0 saturated heterocycles.